The maximum absolute atomic E-state index is 13.7. The van der Waals surface area contributed by atoms with Gasteiger partial charge in [-0.3, -0.25) is 0 Å². The third kappa shape index (κ3) is 2.94. The molecule has 2 N–H and O–H groups in total. The van der Waals surface area contributed by atoms with Gasteiger partial charge in [0.05, 0.1) is 12.2 Å². The smallest absolute Gasteiger partial charge is 0.246 e. The molecule has 19 heavy (non-hydrogen) atoms. The van der Waals surface area contributed by atoms with Crippen LogP contribution in [0.2, 0.25) is 0 Å². The topological polar surface area (TPSA) is 72.6 Å². The summed E-state index contributed by atoms with van der Waals surface area (Å²) >= 11 is 0. The molecular formula is C12H17FN2O3S. The molecule has 0 aromatic heterocycles. The minimum atomic E-state index is -3.85. The first-order valence-corrected chi connectivity index (χ1v) is 7.49. The van der Waals surface area contributed by atoms with E-state index < -0.39 is 15.8 Å². The molecule has 2 atom stereocenters. The van der Waals surface area contributed by atoms with E-state index in [9.17, 15) is 12.8 Å². The highest BCUT2D eigenvalue weighted by atomic mass is 32.2. The van der Waals surface area contributed by atoms with Crippen LogP contribution in [0.25, 0.3) is 0 Å². The zero-order valence-corrected chi connectivity index (χ0v) is 11.4. The molecule has 2 rings (SSSR count). The van der Waals surface area contributed by atoms with Crippen molar-refractivity contribution in [2.75, 3.05) is 19.6 Å². The minimum absolute atomic E-state index is 0.150. The van der Waals surface area contributed by atoms with Crippen LogP contribution < -0.4 is 5.73 Å². The fraction of sp³-hybridized carbons (Fsp3) is 0.500. The van der Waals surface area contributed by atoms with Gasteiger partial charge in [-0.15, -0.1) is 0 Å². The van der Waals surface area contributed by atoms with E-state index in [1.54, 1.807) is 6.92 Å². The van der Waals surface area contributed by atoms with Crippen LogP contribution in [-0.2, 0) is 14.8 Å². The van der Waals surface area contributed by atoms with Crippen LogP contribution in [0.15, 0.2) is 29.2 Å². The summed E-state index contributed by atoms with van der Waals surface area (Å²) in [6.07, 6.45) is -0.617. The second kappa shape index (κ2) is 5.54. The van der Waals surface area contributed by atoms with Crippen LogP contribution in [0.4, 0.5) is 4.39 Å². The molecule has 5 nitrogen and oxygen atoms in total. The molecule has 1 aromatic carbocycles. The Bertz CT molecular complexity index is 550. The highest BCUT2D eigenvalue weighted by Crippen LogP contribution is 2.22. The van der Waals surface area contributed by atoms with E-state index in [0.29, 0.717) is 0 Å². The molecule has 1 aliphatic rings. The van der Waals surface area contributed by atoms with Gasteiger partial charge in [-0.2, -0.15) is 4.31 Å². The Morgan fingerprint density at radius 3 is 2.74 bits per heavy atom. The summed E-state index contributed by atoms with van der Waals surface area (Å²) in [6, 6.07) is 5.36. The number of rotatable bonds is 3. The monoisotopic (exact) mass is 288 g/mol. The SMILES string of the molecule is CC1CN(S(=O)(=O)c2ccccc2F)CC(CN)O1. The lowest BCUT2D eigenvalue weighted by Gasteiger charge is -2.35. The fourth-order valence-corrected chi connectivity index (χ4v) is 3.73. The molecule has 0 radical (unpaired) electrons. The van der Waals surface area contributed by atoms with Crippen molar-refractivity contribution in [2.45, 2.75) is 24.0 Å². The zero-order valence-electron chi connectivity index (χ0n) is 10.6. The van der Waals surface area contributed by atoms with E-state index in [0.717, 1.165) is 6.07 Å². The van der Waals surface area contributed by atoms with Gasteiger partial charge < -0.3 is 10.5 Å². The number of hydrogen-bond acceptors (Lipinski definition) is 4. The molecule has 7 heteroatoms. The van der Waals surface area contributed by atoms with Gasteiger partial charge in [-0.1, -0.05) is 12.1 Å². The summed E-state index contributed by atoms with van der Waals surface area (Å²) in [4.78, 5) is -0.306. The number of nitrogens with two attached hydrogens (primary N) is 1. The van der Waals surface area contributed by atoms with Gasteiger partial charge in [0.1, 0.15) is 10.7 Å². The second-order valence-corrected chi connectivity index (χ2v) is 6.46. The fourth-order valence-electron chi connectivity index (χ4n) is 2.12. The highest BCUT2D eigenvalue weighted by Gasteiger charge is 2.34. The largest absolute Gasteiger partial charge is 0.371 e. The normalized spacial score (nSPS) is 25.4. The number of ether oxygens (including phenoxy) is 1. The van der Waals surface area contributed by atoms with E-state index in [4.69, 9.17) is 10.5 Å². The second-order valence-electron chi connectivity index (χ2n) is 4.56. The van der Waals surface area contributed by atoms with Gasteiger partial charge >= 0.3 is 0 Å². The Morgan fingerprint density at radius 1 is 1.42 bits per heavy atom. The molecule has 0 aliphatic carbocycles. The average Bonchev–Trinajstić information content (AvgIpc) is 2.38. The molecule has 1 heterocycles. The summed E-state index contributed by atoms with van der Waals surface area (Å²) in [6.45, 7) is 2.35. The summed E-state index contributed by atoms with van der Waals surface area (Å²) < 4.78 is 45.2. The first kappa shape index (κ1) is 14.4. The van der Waals surface area contributed by atoms with E-state index in [-0.39, 0.29) is 36.7 Å². The molecule has 0 spiro atoms. The van der Waals surface area contributed by atoms with Crippen LogP contribution in [-0.4, -0.2) is 44.6 Å². The van der Waals surface area contributed by atoms with Crippen molar-refractivity contribution in [3.8, 4) is 0 Å². The van der Waals surface area contributed by atoms with Crippen LogP contribution >= 0.6 is 0 Å². The number of benzene rings is 1. The third-order valence-electron chi connectivity index (χ3n) is 3.01. The molecule has 2 unspecified atom stereocenters. The van der Waals surface area contributed by atoms with Gasteiger partial charge in [-0.25, -0.2) is 12.8 Å². The van der Waals surface area contributed by atoms with Gasteiger partial charge in [0.15, 0.2) is 0 Å². The molecule has 0 amide bonds. The van der Waals surface area contributed by atoms with E-state index in [1.165, 1.54) is 22.5 Å². The summed E-state index contributed by atoms with van der Waals surface area (Å²) in [5.74, 6) is -0.744. The lowest BCUT2D eigenvalue weighted by molar-refractivity contribution is -0.0486. The van der Waals surface area contributed by atoms with Crippen LogP contribution in [0.5, 0.6) is 0 Å². The van der Waals surface area contributed by atoms with Crippen molar-refractivity contribution in [1.29, 1.82) is 0 Å². The maximum Gasteiger partial charge on any atom is 0.246 e. The van der Waals surface area contributed by atoms with Gasteiger partial charge in [0.2, 0.25) is 10.0 Å². The van der Waals surface area contributed by atoms with Crippen molar-refractivity contribution < 1.29 is 17.5 Å². The van der Waals surface area contributed by atoms with Crippen molar-refractivity contribution in [3.05, 3.63) is 30.1 Å². The summed E-state index contributed by atoms with van der Waals surface area (Å²) in [5.41, 5.74) is 5.52. The number of hydrogen-bond donors (Lipinski definition) is 1. The van der Waals surface area contributed by atoms with Crippen molar-refractivity contribution in [2.24, 2.45) is 5.73 Å². The molecule has 0 saturated carbocycles. The number of morpholine rings is 1. The first-order valence-electron chi connectivity index (χ1n) is 6.05. The first-order chi connectivity index (χ1) is 8.95. The molecule has 1 aromatic rings. The zero-order chi connectivity index (χ0) is 14.0. The Morgan fingerprint density at radius 2 is 2.11 bits per heavy atom. The van der Waals surface area contributed by atoms with Gasteiger partial charge in [0, 0.05) is 19.6 Å². The van der Waals surface area contributed by atoms with E-state index in [1.807, 2.05) is 0 Å². The quantitative estimate of drug-likeness (QED) is 0.882. The molecule has 1 aliphatic heterocycles. The van der Waals surface area contributed by atoms with Crippen molar-refractivity contribution in [3.63, 3.8) is 0 Å². The predicted octanol–water partition coefficient (Wildman–Crippen LogP) is 0.562. The van der Waals surface area contributed by atoms with Crippen LogP contribution in [0.3, 0.4) is 0 Å². The predicted molar refractivity (Wildman–Crippen MR) is 68.5 cm³/mol. The number of sulfonamides is 1. The van der Waals surface area contributed by atoms with Crippen LogP contribution in [0.1, 0.15) is 6.92 Å². The lowest BCUT2D eigenvalue weighted by atomic mass is 10.2. The number of nitrogens with zero attached hydrogens (tertiary/aromatic N) is 1. The molecule has 0 bridgehead atoms. The highest BCUT2D eigenvalue weighted by molar-refractivity contribution is 7.89. The molecular weight excluding hydrogens is 271 g/mol. The standard InChI is InChI=1S/C12H17FN2O3S/c1-9-7-15(8-10(6-14)18-9)19(16,17)12-5-3-2-4-11(12)13/h2-5,9-10H,6-8,14H2,1H3. The average molecular weight is 288 g/mol. The summed E-state index contributed by atoms with van der Waals surface area (Å²) in [5, 5.41) is 0. The Hall–Kier alpha value is -1.02. The van der Waals surface area contributed by atoms with Gasteiger partial charge in [-0.05, 0) is 19.1 Å². The Kier molecular flexibility index (Phi) is 4.19. The minimum Gasteiger partial charge on any atom is -0.371 e. The molecule has 106 valence electrons. The van der Waals surface area contributed by atoms with E-state index in [2.05, 4.69) is 0 Å². The number of halogens is 1. The third-order valence-corrected chi connectivity index (χ3v) is 4.88. The summed E-state index contributed by atoms with van der Waals surface area (Å²) in [7, 11) is -3.85. The Labute approximate surface area is 112 Å². The van der Waals surface area contributed by atoms with Crippen molar-refractivity contribution >= 4 is 10.0 Å². The van der Waals surface area contributed by atoms with Crippen LogP contribution in [0, 0.1) is 5.82 Å². The lowest BCUT2D eigenvalue weighted by Crippen LogP contribution is -2.51. The molecule has 1 saturated heterocycles. The van der Waals surface area contributed by atoms with Crippen molar-refractivity contribution in [1.82, 2.24) is 4.31 Å². The maximum atomic E-state index is 13.7. The Balaban J connectivity index is 2.32. The van der Waals surface area contributed by atoms with E-state index >= 15 is 0 Å². The molecule has 1 fully saturated rings. The van der Waals surface area contributed by atoms with Gasteiger partial charge in [0.25, 0.3) is 0 Å².